The van der Waals surface area contributed by atoms with Crippen molar-refractivity contribution >= 4 is 21.7 Å². The lowest BCUT2D eigenvalue weighted by Crippen LogP contribution is -2.04. The number of aryl methyl sites for hydroxylation is 1. The molecule has 0 saturated carbocycles. The lowest BCUT2D eigenvalue weighted by Gasteiger charge is -1.99. The Bertz CT molecular complexity index is 715. The standard InChI is InChI=1S/C12H13BrN6/c1-18-11(8-3-2-6-15-7-8)17-19-10(13)9(4-5-14)16-12(18)19/h2-3,6-7H,4-5,14H2,1H3. The quantitative estimate of drug-likeness (QED) is 0.791. The first kappa shape index (κ1) is 12.3. The van der Waals surface area contributed by atoms with Gasteiger partial charge in [0.15, 0.2) is 5.82 Å². The van der Waals surface area contributed by atoms with Crippen molar-refractivity contribution in [3.05, 3.63) is 34.8 Å². The molecule has 7 heteroatoms. The number of pyridine rings is 1. The molecule has 2 N–H and O–H groups in total. The minimum absolute atomic E-state index is 0.567. The minimum Gasteiger partial charge on any atom is -0.330 e. The Balaban J connectivity index is 2.17. The number of rotatable bonds is 3. The molecule has 6 nitrogen and oxygen atoms in total. The number of nitrogens with two attached hydrogens (primary N) is 1. The van der Waals surface area contributed by atoms with Crippen LogP contribution in [-0.4, -0.2) is 30.7 Å². The van der Waals surface area contributed by atoms with E-state index in [2.05, 4.69) is 31.0 Å². The van der Waals surface area contributed by atoms with E-state index in [1.165, 1.54) is 0 Å². The van der Waals surface area contributed by atoms with Gasteiger partial charge in [0.25, 0.3) is 0 Å². The van der Waals surface area contributed by atoms with Gasteiger partial charge in [-0.25, -0.2) is 4.98 Å². The number of hydrogen-bond donors (Lipinski definition) is 1. The average Bonchev–Trinajstić information content (AvgIpc) is 2.91. The first-order valence-electron chi connectivity index (χ1n) is 5.92. The predicted molar refractivity (Wildman–Crippen MR) is 75.6 cm³/mol. The highest BCUT2D eigenvalue weighted by Crippen LogP contribution is 2.23. The van der Waals surface area contributed by atoms with Crippen LogP contribution in [-0.2, 0) is 13.5 Å². The third-order valence-electron chi connectivity index (χ3n) is 2.96. The van der Waals surface area contributed by atoms with Gasteiger partial charge in [-0.05, 0) is 34.6 Å². The van der Waals surface area contributed by atoms with Crippen molar-refractivity contribution in [2.45, 2.75) is 6.42 Å². The summed E-state index contributed by atoms with van der Waals surface area (Å²) in [6.07, 6.45) is 4.26. The molecule has 0 radical (unpaired) electrons. The highest BCUT2D eigenvalue weighted by atomic mass is 79.9. The maximum atomic E-state index is 5.57. The van der Waals surface area contributed by atoms with Gasteiger partial charge in [-0.1, -0.05) is 0 Å². The smallest absolute Gasteiger partial charge is 0.233 e. The van der Waals surface area contributed by atoms with Crippen LogP contribution >= 0.6 is 15.9 Å². The Morgan fingerprint density at radius 1 is 1.42 bits per heavy atom. The molecule has 0 fully saturated rings. The van der Waals surface area contributed by atoms with E-state index < -0.39 is 0 Å². The van der Waals surface area contributed by atoms with E-state index in [1.807, 2.05) is 23.7 Å². The van der Waals surface area contributed by atoms with Gasteiger partial charge in [0.05, 0.1) is 5.69 Å². The van der Waals surface area contributed by atoms with Crippen LogP contribution in [0, 0.1) is 0 Å². The largest absolute Gasteiger partial charge is 0.330 e. The molecule has 98 valence electrons. The molecule has 3 heterocycles. The first-order chi connectivity index (χ1) is 9.22. The van der Waals surface area contributed by atoms with Gasteiger partial charge in [-0.2, -0.15) is 4.52 Å². The van der Waals surface area contributed by atoms with Gasteiger partial charge < -0.3 is 5.73 Å². The number of fused-ring (bicyclic) bond motifs is 1. The summed E-state index contributed by atoms with van der Waals surface area (Å²) in [6, 6.07) is 3.87. The Kier molecular flexibility index (Phi) is 3.08. The van der Waals surface area contributed by atoms with Crippen molar-refractivity contribution in [3.63, 3.8) is 0 Å². The zero-order chi connectivity index (χ0) is 13.4. The summed E-state index contributed by atoms with van der Waals surface area (Å²) in [4.78, 5) is 8.68. The highest BCUT2D eigenvalue weighted by Gasteiger charge is 2.17. The maximum absolute atomic E-state index is 5.57. The molecule has 0 saturated heterocycles. The van der Waals surface area contributed by atoms with Crippen molar-refractivity contribution in [2.24, 2.45) is 12.8 Å². The molecular formula is C12H13BrN6. The average molecular weight is 321 g/mol. The van der Waals surface area contributed by atoms with E-state index in [-0.39, 0.29) is 0 Å². The summed E-state index contributed by atoms with van der Waals surface area (Å²) in [5.74, 6) is 1.62. The van der Waals surface area contributed by atoms with E-state index in [0.29, 0.717) is 6.54 Å². The third-order valence-corrected chi connectivity index (χ3v) is 3.76. The topological polar surface area (TPSA) is 74.0 Å². The normalized spacial score (nSPS) is 11.3. The van der Waals surface area contributed by atoms with Crippen LogP contribution < -0.4 is 5.73 Å². The second kappa shape index (κ2) is 4.75. The van der Waals surface area contributed by atoms with Crippen LogP contribution in [0.1, 0.15) is 5.69 Å². The van der Waals surface area contributed by atoms with Crippen molar-refractivity contribution in [3.8, 4) is 11.4 Å². The van der Waals surface area contributed by atoms with E-state index in [1.54, 1.807) is 16.9 Å². The number of nitrogens with zero attached hydrogens (tertiary/aromatic N) is 5. The predicted octanol–water partition coefficient (Wildman–Crippen LogP) is 1.39. The van der Waals surface area contributed by atoms with Crippen LogP contribution in [0.25, 0.3) is 17.2 Å². The van der Waals surface area contributed by atoms with E-state index in [0.717, 1.165) is 33.9 Å². The molecule has 3 aromatic rings. The summed E-state index contributed by atoms with van der Waals surface area (Å²) in [7, 11) is 1.94. The Morgan fingerprint density at radius 2 is 2.26 bits per heavy atom. The van der Waals surface area contributed by atoms with Crippen LogP contribution in [0.4, 0.5) is 0 Å². The van der Waals surface area contributed by atoms with Crippen molar-refractivity contribution in [1.82, 2.24) is 24.1 Å². The number of hydrogen-bond acceptors (Lipinski definition) is 4. The summed E-state index contributed by atoms with van der Waals surface area (Å²) in [6.45, 7) is 0.567. The van der Waals surface area contributed by atoms with E-state index >= 15 is 0 Å². The van der Waals surface area contributed by atoms with Crippen molar-refractivity contribution in [1.29, 1.82) is 0 Å². The fourth-order valence-corrected chi connectivity index (χ4v) is 2.55. The molecule has 0 atom stereocenters. The third kappa shape index (κ3) is 1.95. The van der Waals surface area contributed by atoms with E-state index in [4.69, 9.17) is 5.73 Å². The van der Waals surface area contributed by atoms with Crippen LogP contribution in [0.15, 0.2) is 29.1 Å². The lowest BCUT2D eigenvalue weighted by molar-refractivity contribution is 0.892. The molecule has 0 aliphatic carbocycles. The van der Waals surface area contributed by atoms with E-state index in [9.17, 15) is 0 Å². The van der Waals surface area contributed by atoms with Gasteiger partial charge in [0, 0.05) is 31.4 Å². The molecule has 0 bridgehead atoms. The molecule has 3 rings (SSSR count). The van der Waals surface area contributed by atoms with Crippen molar-refractivity contribution in [2.75, 3.05) is 6.54 Å². The molecule has 0 spiro atoms. The molecule has 0 aromatic carbocycles. The molecule has 3 aromatic heterocycles. The molecule has 0 aliphatic rings. The lowest BCUT2D eigenvalue weighted by atomic mass is 10.3. The summed E-state index contributed by atoms with van der Waals surface area (Å²) in [5.41, 5.74) is 7.46. The van der Waals surface area contributed by atoms with Gasteiger partial charge in [0.2, 0.25) is 5.78 Å². The monoisotopic (exact) mass is 320 g/mol. The fourth-order valence-electron chi connectivity index (χ4n) is 2.03. The second-order valence-electron chi connectivity index (χ2n) is 4.22. The summed E-state index contributed by atoms with van der Waals surface area (Å²) in [5, 5.41) is 4.57. The summed E-state index contributed by atoms with van der Waals surface area (Å²) < 4.78 is 4.59. The second-order valence-corrected chi connectivity index (χ2v) is 4.98. The van der Waals surface area contributed by atoms with Gasteiger partial charge in [0.1, 0.15) is 4.60 Å². The Hall–Kier alpha value is -1.73. The molecule has 0 amide bonds. The zero-order valence-electron chi connectivity index (χ0n) is 10.4. The maximum Gasteiger partial charge on any atom is 0.233 e. The summed E-state index contributed by atoms with van der Waals surface area (Å²) >= 11 is 3.53. The zero-order valence-corrected chi connectivity index (χ0v) is 12.0. The fraction of sp³-hybridized carbons (Fsp3) is 0.250. The minimum atomic E-state index is 0.567. The van der Waals surface area contributed by atoms with Gasteiger partial charge in [-0.15, -0.1) is 5.10 Å². The Labute approximate surface area is 118 Å². The first-order valence-corrected chi connectivity index (χ1v) is 6.72. The van der Waals surface area contributed by atoms with Crippen molar-refractivity contribution < 1.29 is 0 Å². The molecule has 0 unspecified atom stereocenters. The number of imidazole rings is 1. The van der Waals surface area contributed by atoms with Gasteiger partial charge >= 0.3 is 0 Å². The number of aromatic nitrogens is 5. The molecule has 19 heavy (non-hydrogen) atoms. The molecular weight excluding hydrogens is 308 g/mol. The number of halogens is 1. The SMILES string of the molecule is Cn1c(-c2cccnc2)nn2c(Br)c(CCN)nc12. The Morgan fingerprint density at radius 3 is 2.89 bits per heavy atom. The highest BCUT2D eigenvalue weighted by molar-refractivity contribution is 9.10. The molecule has 0 aliphatic heterocycles. The van der Waals surface area contributed by atoms with Crippen LogP contribution in [0.5, 0.6) is 0 Å². The van der Waals surface area contributed by atoms with Crippen LogP contribution in [0.3, 0.4) is 0 Å². The van der Waals surface area contributed by atoms with Crippen LogP contribution in [0.2, 0.25) is 0 Å². The van der Waals surface area contributed by atoms with Gasteiger partial charge in [-0.3, -0.25) is 9.55 Å².